The van der Waals surface area contributed by atoms with E-state index in [0.29, 0.717) is 0 Å². The van der Waals surface area contributed by atoms with Gasteiger partial charge in [0, 0.05) is 14.8 Å². The molecule has 2 aromatic carbocycles. The van der Waals surface area contributed by atoms with Gasteiger partial charge in [-0.15, -0.1) is 22.7 Å². The van der Waals surface area contributed by atoms with Crippen molar-refractivity contribution in [1.29, 1.82) is 0 Å². The van der Waals surface area contributed by atoms with E-state index in [1.54, 1.807) is 22.7 Å². The van der Waals surface area contributed by atoms with E-state index in [1.807, 2.05) is 0 Å². The summed E-state index contributed by atoms with van der Waals surface area (Å²) >= 11 is 3.58. The molecule has 33 heavy (non-hydrogen) atoms. The zero-order valence-electron chi connectivity index (χ0n) is 18.4. The first-order chi connectivity index (χ1) is 16.1. The van der Waals surface area contributed by atoms with Gasteiger partial charge in [-0.25, -0.2) is 0 Å². The van der Waals surface area contributed by atoms with E-state index in [9.17, 15) is 0 Å². The van der Waals surface area contributed by atoms with E-state index in [4.69, 9.17) is 9.97 Å². The fraction of sp³-hybridized carbons (Fsp3) is 0.103. The second-order valence-electron chi connectivity index (χ2n) is 8.74. The summed E-state index contributed by atoms with van der Waals surface area (Å²) in [5, 5.41) is 2.53. The Hall–Kier alpha value is -3.34. The molecule has 160 valence electrons. The molecule has 0 saturated heterocycles. The minimum Gasteiger partial charge on any atom is -0.251 e. The molecule has 6 aromatic rings. The zero-order chi connectivity index (χ0) is 22.4. The second kappa shape index (κ2) is 7.91. The summed E-state index contributed by atoms with van der Waals surface area (Å²) in [6.07, 6.45) is 0. The molecule has 4 heterocycles. The van der Waals surface area contributed by atoms with E-state index < -0.39 is 0 Å². The molecule has 0 saturated carbocycles. The van der Waals surface area contributed by atoms with Gasteiger partial charge < -0.3 is 0 Å². The quantitative estimate of drug-likeness (QED) is 0.262. The molecular weight excluding hydrogens is 440 g/mol. The third kappa shape index (κ3) is 3.65. The van der Waals surface area contributed by atoms with Crippen molar-refractivity contribution in [2.45, 2.75) is 19.3 Å². The molecule has 0 atom stereocenters. The van der Waals surface area contributed by atoms with Gasteiger partial charge in [0.05, 0.1) is 32.5 Å². The van der Waals surface area contributed by atoms with Gasteiger partial charge in [-0.1, -0.05) is 48.5 Å². The molecule has 0 unspecified atom stereocenters. The van der Waals surface area contributed by atoms with Crippen molar-refractivity contribution < 1.29 is 0 Å². The van der Waals surface area contributed by atoms with Gasteiger partial charge in [-0.05, 0) is 73.2 Å². The highest BCUT2D eigenvalue weighted by atomic mass is 32.1. The molecule has 0 aliphatic carbocycles. The van der Waals surface area contributed by atoms with Gasteiger partial charge in [-0.2, -0.15) is 0 Å². The number of rotatable bonds is 4. The van der Waals surface area contributed by atoms with Crippen molar-refractivity contribution >= 4 is 42.8 Å². The van der Waals surface area contributed by atoms with Crippen molar-refractivity contribution in [2.75, 3.05) is 0 Å². The molecule has 4 aromatic heterocycles. The number of hydrogen-bond donors (Lipinski definition) is 0. The Bertz CT molecular complexity index is 1420. The molecule has 0 spiro atoms. The predicted octanol–water partition coefficient (Wildman–Crippen LogP) is 8.57. The van der Waals surface area contributed by atoms with Gasteiger partial charge in [0.15, 0.2) is 0 Å². The first-order valence-electron chi connectivity index (χ1n) is 11.0. The third-order valence-electron chi connectivity index (χ3n) is 6.13. The molecule has 4 heteroatoms. The first kappa shape index (κ1) is 20.3. The molecular formula is C29H22N2S2. The second-order valence-corrected chi connectivity index (χ2v) is 10.9. The molecule has 0 bridgehead atoms. The first-order valence-corrected chi connectivity index (χ1v) is 12.6. The van der Waals surface area contributed by atoms with Gasteiger partial charge >= 0.3 is 0 Å². The van der Waals surface area contributed by atoms with Crippen molar-refractivity contribution in [2.24, 2.45) is 0 Å². The van der Waals surface area contributed by atoms with Crippen LogP contribution in [0.4, 0.5) is 0 Å². The number of thiophene rings is 2. The fourth-order valence-electron chi connectivity index (χ4n) is 4.19. The minimum atomic E-state index is -0.320. The van der Waals surface area contributed by atoms with E-state index in [0.717, 1.165) is 22.8 Å². The topological polar surface area (TPSA) is 25.8 Å². The summed E-state index contributed by atoms with van der Waals surface area (Å²) < 4.78 is 2.58. The maximum Gasteiger partial charge on any atom is 0.0805 e. The van der Waals surface area contributed by atoms with Crippen molar-refractivity contribution in [3.63, 3.8) is 0 Å². The Kier molecular flexibility index (Phi) is 4.86. The monoisotopic (exact) mass is 462 g/mol. The van der Waals surface area contributed by atoms with E-state index in [-0.39, 0.29) is 5.41 Å². The summed E-state index contributed by atoms with van der Waals surface area (Å²) in [6.45, 7) is 4.42. The van der Waals surface area contributed by atoms with Crippen LogP contribution in [0.5, 0.6) is 0 Å². The lowest BCUT2D eigenvalue weighted by atomic mass is 9.84. The standard InChI is InChI=1S/C29H22N2S2/c1-29(2,27-15-7-11-21(30-27)25-17-19-9-3-5-13-23(19)32-25)28-16-8-12-22(31-28)26-18-20-10-4-6-14-24(20)33-26/h3-18H,1-2H3. The molecule has 0 aliphatic heterocycles. The highest BCUT2D eigenvalue weighted by molar-refractivity contribution is 7.22. The highest BCUT2D eigenvalue weighted by Crippen LogP contribution is 2.37. The van der Waals surface area contributed by atoms with Crippen LogP contribution in [-0.2, 0) is 5.41 Å². The maximum absolute atomic E-state index is 5.10. The van der Waals surface area contributed by atoms with Crippen LogP contribution in [0.3, 0.4) is 0 Å². The van der Waals surface area contributed by atoms with Crippen molar-refractivity contribution in [1.82, 2.24) is 9.97 Å². The van der Waals surface area contributed by atoms with E-state index in [2.05, 4.69) is 111 Å². The Labute approximate surface area is 201 Å². The Balaban J connectivity index is 1.39. The van der Waals surface area contributed by atoms with Crippen LogP contribution < -0.4 is 0 Å². The van der Waals surface area contributed by atoms with Gasteiger partial charge in [0.25, 0.3) is 0 Å². The van der Waals surface area contributed by atoms with Crippen LogP contribution in [0.1, 0.15) is 25.2 Å². The number of nitrogens with zero attached hydrogens (tertiary/aromatic N) is 2. The summed E-state index contributed by atoms with van der Waals surface area (Å²) in [4.78, 5) is 12.6. The lowest BCUT2D eigenvalue weighted by Gasteiger charge is -2.24. The summed E-state index contributed by atoms with van der Waals surface area (Å²) in [5.41, 5.74) is 3.76. The normalized spacial score (nSPS) is 11.9. The number of hydrogen-bond acceptors (Lipinski definition) is 4. The van der Waals surface area contributed by atoms with Crippen LogP contribution in [-0.4, -0.2) is 9.97 Å². The van der Waals surface area contributed by atoms with Crippen LogP contribution in [0, 0.1) is 0 Å². The zero-order valence-corrected chi connectivity index (χ0v) is 20.1. The van der Waals surface area contributed by atoms with Crippen LogP contribution in [0.2, 0.25) is 0 Å². The lowest BCUT2D eigenvalue weighted by molar-refractivity contribution is 0.597. The molecule has 0 aliphatic rings. The SMILES string of the molecule is CC(C)(c1cccc(-c2cc3ccccc3s2)n1)c1cccc(-c2cc3ccccc3s2)n1. The Morgan fingerprint density at radius 3 is 1.45 bits per heavy atom. The van der Waals surface area contributed by atoms with E-state index in [1.165, 1.54) is 29.9 Å². The van der Waals surface area contributed by atoms with Gasteiger partial charge in [0.1, 0.15) is 0 Å². The van der Waals surface area contributed by atoms with Crippen LogP contribution >= 0.6 is 22.7 Å². The Morgan fingerprint density at radius 1 is 0.545 bits per heavy atom. The molecule has 0 amide bonds. The number of aromatic nitrogens is 2. The van der Waals surface area contributed by atoms with Gasteiger partial charge in [-0.3, -0.25) is 9.97 Å². The fourth-order valence-corrected chi connectivity index (χ4v) is 6.25. The van der Waals surface area contributed by atoms with E-state index >= 15 is 0 Å². The summed E-state index contributed by atoms with van der Waals surface area (Å²) in [5.74, 6) is 0. The van der Waals surface area contributed by atoms with Gasteiger partial charge in [0.2, 0.25) is 0 Å². The maximum atomic E-state index is 5.10. The number of pyridine rings is 2. The third-order valence-corrected chi connectivity index (χ3v) is 8.41. The number of benzene rings is 2. The summed E-state index contributed by atoms with van der Waals surface area (Å²) in [6, 6.07) is 34.1. The number of fused-ring (bicyclic) bond motifs is 2. The van der Waals surface area contributed by atoms with Crippen LogP contribution in [0.25, 0.3) is 41.3 Å². The average Bonchev–Trinajstić information content (AvgIpc) is 3.49. The smallest absolute Gasteiger partial charge is 0.0805 e. The lowest BCUT2D eigenvalue weighted by Crippen LogP contribution is -2.22. The summed E-state index contributed by atoms with van der Waals surface area (Å²) in [7, 11) is 0. The van der Waals surface area contributed by atoms with Crippen molar-refractivity contribution in [3.05, 3.63) is 108 Å². The minimum absolute atomic E-state index is 0.320. The Morgan fingerprint density at radius 2 is 1.00 bits per heavy atom. The predicted molar refractivity (Wildman–Crippen MR) is 142 cm³/mol. The van der Waals surface area contributed by atoms with Crippen LogP contribution in [0.15, 0.2) is 97.1 Å². The highest BCUT2D eigenvalue weighted by Gasteiger charge is 2.27. The molecule has 6 rings (SSSR count). The largest absolute Gasteiger partial charge is 0.251 e. The molecule has 0 radical (unpaired) electrons. The molecule has 0 fully saturated rings. The average molecular weight is 463 g/mol. The molecule has 2 nitrogen and oxygen atoms in total. The molecule has 0 N–H and O–H groups in total. The van der Waals surface area contributed by atoms with Crippen molar-refractivity contribution in [3.8, 4) is 21.1 Å².